The van der Waals surface area contributed by atoms with Crippen molar-refractivity contribution in [1.29, 1.82) is 0 Å². The van der Waals surface area contributed by atoms with Gasteiger partial charge in [0.25, 0.3) is 0 Å². The second-order valence-electron chi connectivity index (χ2n) is 3.22. The minimum atomic E-state index is -0.482. The predicted molar refractivity (Wildman–Crippen MR) is 60.8 cm³/mol. The third-order valence-corrected chi connectivity index (χ3v) is 1.92. The van der Waals surface area contributed by atoms with Gasteiger partial charge in [-0.1, -0.05) is 30.3 Å². The number of amides is 1. The Morgan fingerprint density at radius 3 is 2.25 bits per heavy atom. The number of guanidine groups is 1. The van der Waals surface area contributed by atoms with Crippen LogP contribution in [0.4, 0.5) is 0 Å². The quantitative estimate of drug-likeness (QED) is 0.436. The summed E-state index contributed by atoms with van der Waals surface area (Å²) < 4.78 is 0. The third kappa shape index (κ3) is 3.91. The number of rotatable bonds is 4. The van der Waals surface area contributed by atoms with Crippen LogP contribution in [0.2, 0.25) is 0 Å². The van der Waals surface area contributed by atoms with Crippen molar-refractivity contribution in [2.24, 2.45) is 16.5 Å². The molecule has 0 spiro atoms. The molecule has 0 aliphatic rings. The van der Waals surface area contributed by atoms with Gasteiger partial charge in [-0.05, 0) is 0 Å². The molecule has 5 nitrogen and oxygen atoms in total. The summed E-state index contributed by atoms with van der Waals surface area (Å²) in [6.07, 6.45) is 0.130. The number of carbonyl (C=O) groups excluding carboxylic acids is 2. The molecule has 84 valence electrons. The van der Waals surface area contributed by atoms with Crippen molar-refractivity contribution >= 4 is 17.6 Å². The zero-order valence-corrected chi connectivity index (χ0v) is 8.72. The SMILES string of the molecule is NC(N)=NC(=O)CCC(=O)c1ccccc1. The Balaban J connectivity index is 2.48. The van der Waals surface area contributed by atoms with E-state index in [1.54, 1.807) is 24.3 Å². The van der Waals surface area contributed by atoms with E-state index in [9.17, 15) is 9.59 Å². The number of nitrogens with zero attached hydrogens (tertiary/aromatic N) is 1. The van der Waals surface area contributed by atoms with Crippen molar-refractivity contribution in [3.8, 4) is 0 Å². The van der Waals surface area contributed by atoms with Crippen LogP contribution in [0.5, 0.6) is 0 Å². The molecule has 1 aromatic carbocycles. The van der Waals surface area contributed by atoms with Crippen LogP contribution in [-0.2, 0) is 4.79 Å². The molecular weight excluding hydrogens is 206 g/mol. The van der Waals surface area contributed by atoms with Gasteiger partial charge in [0.1, 0.15) is 0 Å². The van der Waals surface area contributed by atoms with Crippen molar-refractivity contribution in [2.75, 3.05) is 0 Å². The molecule has 1 aromatic rings. The fourth-order valence-corrected chi connectivity index (χ4v) is 1.19. The van der Waals surface area contributed by atoms with E-state index < -0.39 is 5.91 Å². The number of nitrogens with two attached hydrogens (primary N) is 2. The summed E-state index contributed by atoms with van der Waals surface area (Å²) in [4.78, 5) is 26.0. The largest absolute Gasteiger partial charge is 0.370 e. The molecule has 0 aliphatic heterocycles. The predicted octanol–water partition coefficient (Wildman–Crippen LogP) is 0.449. The van der Waals surface area contributed by atoms with Gasteiger partial charge in [-0.15, -0.1) is 0 Å². The molecular formula is C11H13N3O2. The van der Waals surface area contributed by atoms with Gasteiger partial charge in [-0.2, -0.15) is 4.99 Å². The second kappa shape index (κ2) is 5.65. The van der Waals surface area contributed by atoms with E-state index in [1.807, 2.05) is 6.07 Å². The fourth-order valence-electron chi connectivity index (χ4n) is 1.19. The van der Waals surface area contributed by atoms with Crippen LogP contribution in [0.1, 0.15) is 23.2 Å². The van der Waals surface area contributed by atoms with Gasteiger partial charge in [-0.3, -0.25) is 9.59 Å². The summed E-state index contributed by atoms with van der Waals surface area (Å²) >= 11 is 0. The molecule has 0 radical (unpaired) electrons. The van der Waals surface area contributed by atoms with Gasteiger partial charge < -0.3 is 11.5 Å². The average Bonchev–Trinajstić information content (AvgIpc) is 2.26. The minimum absolute atomic E-state index is 0.0195. The van der Waals surface area contributed by atoms with E-state index in [4.69, 9.17) is 11.5 Å². The maximum Gasteiger partial charge on any atom is 0.249 e. The van der Waals surface area contributed by atoms with Crippen LogP contribution in [0, 0.1) is 0 Å². The lowest BCUT2D eigenvalue weighted by Gasteiger charge is -1.98. The number of ketones is 1. The van der Waals surface area contributed by atoms with Gasteiger partial charge in [0.2, 0.25) is 5.91 Å². The lowest BCUT2D eigenvalue weighted by molar-refractivity contribution is -0.117. The average molecular weight is 219 g/mol. The Kier molecular flexibility index (Phi) is 4.20. The van der Waals surface area contributed by atoms with Crippen molar-refractivity contribution in [1.82, 2.24) is 0 Å². The molecule has 0 atom stereocenters. The Labute approximate surface area is 93.2 Å². The fraction of sp³-hybridized carbons (Fsp3) is 0.182. The van der Waals surface area contributed by atoms with Crippen LogP contribution in [0.15, 0.2) is 35.3 Å². The first-order valence-electron chi connectivity index (χ1n) is 4.80. The Morgan fingerprint density at radius 1 is 1.06 bits per heavy atom. The van der Waals surface area contributed by atoms with Gasteiger partial charge in [-0.25, -0.2) is 0 Å². The lowest BCUT2D eigenvalue weighted by Crippen LogP contribution is -2.24. The topological polar surface area (TPSA) is 98.5 Å². The number of aliphatic imine (C=N–C) groups is 1. The highest BCUT2D eigenvalue weighted by atomic mass is 16.1. The zero-order valence-electron chi connectivity index (χ0n) is 8.72. The normalized spacial score (nSPS) is 9.50. The lowest BCUT2D eigenvalue weighted by atomic mass is 10.1. The molecule has 0 unspecified atom stereocenters. The van der Waals surface area contributed by atoms with Gasteiger partial charge in [0.15, 0.2) is 11.7 Å². The van der Waals surface area contributed by atoms with Crippen LogP contribution in [0.25, 0.3) is 0 Å². The molecule has 0 aromatic heterocycles. The summed E-state index contributed by atoms with van der Waals surface area (Å²) in [6, 6.07) is 8.76. The van der Waals surface area contributed by atoms with Crippen LogP contribution < -0.4 is 11.5 Å². The molecule has 0 bridgehead atoms. The highest BCUT2D eigenvalue weighted by Gasteiger charge is 2.08. The van der Waals surface area contributed by atoms with Crippen LogP contribution in [0.3, 0.4) is 0 Å². The number of benzene rings is 1. The number of Topliss-reactive ketones (excluding diaryl/α,β-unsaturated/α-hetero) is 1. The number of hydrogen-bond donors (Lipinski definition) is 2. The minimum Gasteiger partial charge on any atom is -0.370 e. The van der Waals surface area contributed by atoms with Crippen molar-refractivity contribution in [2.45, 2.75) is 12.8 Å². The standard InChI is InChI=1S/C11H13N3O2/c12-11(13)14-10(16)7-6-9(15)8-4-2-1-3-5-8/h1-5H,6-7H2,(H4,12,13,14,16). The molecule has 1 rings (SSSR count). The molecule has 0 saturated carbocycles. The molecule has 4 N–H and O–H groups in total. The zero-order chi connectivity index (χ0) is 12.0. The number of hydrogen-bond acceptors (Lipinski definition) is 2. The first kappa shape index (κ1) is 11.9. The summed E-state index contributed by atoms with van der Waals surface area (Å²) in [6.45, 7) is 0. The first-order chi connectivity index (χ1) is 7.59. The van der Waals surface area contributed by atoms with E-state index in [0.717, 1.165) is 0 Å². The van der Waals surface area contributed by atoms with E-state index in [2.05, 4.69) is 4.99 Å². The number of carbonyl (C=O) groups is 2. The molecule has 0 saturated heterocycles. The summed E-state index contributed by atoms with van der Waals surface area (Å²) in [7, 11) is 0. The van der Waals surface area contributed by atoms with Gasteiger partial charge in [0, 0.05) is 18.4 Å². The molecule has 16 heavy (non-hydrogen) atoms. The molecule has 0 heterocycles. The Bertz CT molecular complexity index is 408. The summed E-state index contributed by atoms with van der Waals surface area (Å²) in [5.74, 6) is -0.860. The van der Waals surface area contributed by atoms with Crippen LogP contribution in [-0.4, -0.2) is 17.6 Å². The van der Waals surface area contributed by atoms with Gasteiger partial charge >= 0.3 is 0 Å². The highest BCUT2D eigenvalue weighted by Crippen LogP contribution is 2.05. The van der Waals surface area contributed by atoms with Crippen molar-refractivity contribution in [3.05, 3.63) is 35.9 Å². The van der Waals surface area contributed by atoms with E-state index in [0.29, 0.717) is 5.56 Å². The monoisotopic (exact) mass is 219 g/mol. The maximum absolute atomic E-state index is 11.6. The summed E-state index contributed by atoms with van der Waals surface area (Å²) in [5, 5.41) is 0. The van der Waals surface area contributed by atoms with E-state index >= 15 is 0 Å². The first-order valence-corrected chi connectivity index (χ1v) is 4.80. The van der Waals surface area contributed by atoms with Gasteiger partial charge in [0.05, 0.1) is 0 Å². The van der Waals surface area contributed by atoms with E-state index in [-0.39, 0.29) is 24.6 Å². The second-order valence-corrected chi connectivity index (χ2v) is 3.22. The molecule has 0 aliphatic carbocycles. The molecule has 1 amide bonds. The van der Waals surface area contributed by atoms with Crippen molar-refractivity contribution in [3.63, 3.8) is 0 Å². The Morgan fingerprint density at radius 2 is 1.69 bits per heavy atom. The smallest absolute Gasteiger partial charge is 0.249 e. The highest BCUT2D eigenvalue weighted by molar-refractivity contribution is 5.99. The van der Waals surface area contributed by atoms with Crippen molar-refractivity contribution < 1.29 is 9.59 Å². The summed E-state index contributed by atoms with van der Waals surface area (Å²) in [5.41, 5.74) is 10.6. The molecule has 0 fully saturated rings. The third-order valence-electron chi connectivity index (χ3n) is 1.92. The van der Waals surface area contributed by atoms with Crippen LogP contribution >= 0.6 is 0 Å². The molecule has 5 heteroatoms. The Hall–Kier alpha value is -2.17. The van der Waals surface area contributed by atoms with E-state index in [1.165, 1.54) is 0 Å². The maximum atomic E-state index is 11.6.